The summed E-state index contributed by atoms with van der Waals surface area (Å²) in [5.41, 5.74) is 1.52. The molecule has 0 radical (unpaired) electrons. The minimum Gasteiger partial charge on any atom is -0.380 e. The van der Waals surface area contributed by atoms with Gasteiger partial charge in [-0.1, -0.05) is 6.92 Å². The summed E-state index contributed by atoms with van der Waals surface area (Å²) in [4.78, 5) is 0. The molecule has 0 aromatic carbocycles. The molecule has 1 fully saturated rings. The van der Waals surface area contributed by atoms with Crippen LogP contribution in [0.25, 0.3) is 0 Å². The molecule has 1 aliphatic heterocycles. The van der Waals surface area contributed by atoms with E-state index in [1.54, 1.807) is 0 Å². The quantitative estimate of drug-likeness (QED) is 0.911. The lowest BCUT2D eigenvalue weighted by molar-refractivity contribution is 0.0806. The second kappa shape index (κ2) is 5.53. The van der Waals surface area contributed by atoms with Crippen LogP contribution in [0.2, 0.25) is 0 Å². The largest absolute Gasteiger partial charge is 0.380 e. The number of thiophene rings is 1. The van der Waals surface area contributed by atoms with Crippen molar-refractivity contribution in [3.63, 3.8) is 0 Å². The van der Waals surface area contributed by atoms with Crippen LogP contribution in [-0.4, -0.2) is 24.5 Å². The lowest BCUT2D eigenvalue weighted by Gasteiger charge is -2.31. The van der Waals surface area contributed by atoms with Gasteiger partial charge < -0.3 is 10.1 Å². The lowest BCUT2D eigenvalue weighted by atomic mass is 10.0. The number of hydrogen-bond donors (Lipinski definition) is 1. The number of hydrogen-bond acceptors (Lipinski definition) is 4. The van der Waals surface area contributed by atoms with Gasteiger partial charge in [0.2, 0.25) is 0 Å². The topological polar surface area (TPSA) is 21.3 Å². The van der Waals surface area contributed by atoms with Crippen LogP contribution in [0.4, 0.5) is 0 Å². The van der Waals surface area contributed by atoms with Gasteiger partial charge in [-0.25, -0.2) is 0 Å². The van der Waals surface area contributed by atoms with E-state index in [9.17, 15) is 0 Å². The maximum Gasteiger partial charge on any atom is 0.0724 e. The van der Waals surface area contributed by atoms with Crippen LogP contribution in [0.1, 0.15) is 44.2 Å². The van der Waals surface area contributed by atoms with Crippen molar-refractivity contribution in [2.75, 3.05) is 7.11 Å². The lowest BCUT2D eigenvalue weighted by Crippen LogP contribution is -2.40. The summed E-state index contributed by atoms with van der Waals surface area (Å²) < 4.78 is 7.11. The van der Waals surface area contributed by atoms with E-state index in [-0.39, 0.29) is 0 Å². The first kappa shape index (κ1) is 13.0. The van der Waals surface area contributed by atoms with Crippen LogP contribution < -0.4 is 5.32 Å². The van der Waals surface area contributed by atoms with Gasteiger partial charge in [-0.2, -0.15) is 0 Å². The van der Waals surface area contributed by atoms with Crippen LogP contribution >= 0.6 is 23.1 Å². The fourth-order valence-corrected chi connectivity index (χ4v) is 5.73. The van der Waals surface area contributed by atoms with E-state index in [1.165, 1.54) is 35.5 Å². The predicted octanol–water partition coefficient (Wildman–Crippen LogP) is 3.83. The van der Waals surface area contributed by atoms with Gasteiger partial charge in [0.25, 0.3) is 0 Å². The fourth-order valence-electron chi connectivity index (χ4n) is 3.16. The summed E-state index contributed by atoms with van der Waals surface area (Å²) in [5, 5.41) is 6.81. The average Bonchev–Trinajstić information content (AvgIpc) is 2.96. The highest BCUT2D eigenvalue weighted by atomic mass is 32.2. The van der Waals surface area contributed by atoms with Crippen LogP contribution in [0, 0.1) is 0 Å². The van der Waals surface area contributed by atoms with Gasteiger partial charge in [0.15, 0.2) is 0 Å². The van der Waals surface area contributed by atoms with Crippen molar-refractivity contribution in [3.8, 4) is 0 Å². The van der Waals surface area contributed by atoms with Crippen molar-refractivity contribution in [2.45, 2.75) is 60.3 Å². The number of rotatable bonds is 3. The highest BCUT2D eigenvalue weighted by Crippen LogP contribution is 2.44. The molecule has 0 saturated heterocycles. The third-order valence-electron chi connectivity index (χ3n) is 4.08. The molecule has 2 nitrogen and oxygen atoms in total. The van der Waals surface area contributed by atoms with Gasteiger partial charge in [-0.15, -0.1) is 23.1 Å². The zero-order valence-electron chi connectivity index (χ0n) is 11.0. The number of nitrogens with one attached hydrogen (secondary N) is 1. The van der Waals surface area contributed by atoms with Gasteiger partial charge in [0, 0.05) is 24.4 Å². The molecule has 1 aromatic rings. The monoisotopic (exact) mass is 283 g/mol. The second-order valence-electron chi connectivity index (χ2n) is 5.36. The van der Waals surface area contributed by atoms with Crippen molar-refractivity contribution in [1.29, 1.82) is 0 Å². The van der Waals surface area contributed by atoms with Crippen LogP contribution in [0.5, 0.6) is 0 Å². The van der Waals surface area contributed by atoms with Crippen molar-refractivity contribution in [1.82, 2.24) is 5.32 Å². The molecule has 3 rings (SSSR count). The van der Waals surface area contributed by atoms with Crippen molar-refractivity contribution >= 4 is 23.1 Å². The van der Waals surface area contributed by atoms with Crippen LogP contribution in [0.15, 0.2) is 15.7 Å². The van der Waals surface area contributed by atoms with Crippen LogP contribution in [0.3, 0.4) is 0 Å². The maximum absolute atomic E-state index is 5.60. The molecule has 18 heavy (non-hydrogen) atoms. The Hall–Kier alpha value is -0.0300. The summed E-state index contributed by atoms with van der Waals surface area (Å²) >= 11 is 3.92. The molecule has 100 valence electrons. The van der Waals surface area contributed by atoms with E-state index < -0.39 is 0 Å². The average molecular weight is 283 g/mol. The Morgan fingerprint density at radius 1 is 1.39 bits per heavy atom. The Bertz CT molecular complexity index is 406. The first-order valence-electron chi connectivity index (χ1n) is 6.81. The van der Waals surface area contributed by atoms with E-state index in [2.05, 4.69) is 23.7 Å². The highest BCUT2D eigenvalue weighted by Gasteiger charge is 2.32. The Morgan fingerprint density at radius 2 is 2.28 bits per heavy atom. The molecule has 2 heterocycles. The third-order valence-corrected chi connectivity index (χ3v) is 6.42. The fraction of sp³-hybridized carbons (Fsp3) is 0.714. The Morgan fingerprint density at radius 3 is 3.11 bits per heavy atom. The maximum atomic E-state index is 5.60. The molecule has 0 spiro atoms. The highest BCUT2D eigenvalue weighted by molar-refractivity contribution is 8.01. The van der Waals surface area contributed by atoms with E-state index in [0.29, 0.717) is 18.2 Å². The van der Waals surface area contributed by atoms with Gasteiger partial charge in [0.05, 0.1) is 10.3 Å². The summed E-state index contributed by atoms with van der Waals surface area (Å²) in [6, 6.07) is 3.37. The molecule has 4 atom stereocenters. The number of fused-ring (bicyclic) bond motifs is 1. The molecule has 3 unspecified atom stereocenters. The zero-order valence-corrected chi connectivity index (χ0v) is 12.7. The molecule has 0 bridgehead atoms. The Balaban J connectivity index is 1.73. The van der Waals surface area contributed by atoms with Gasteiger partial charge >= 0.3 is 0 Å². The first-order chi connectivity index (χ1) is 8.78. The van der Waals surface area contributed by atoms with Gasteiger partial charge in [0.1, 0.15) is 0 Å². The third kappa shape index (κ3) is 2.48. The molecular formula is C14H21NOS2. The smallest absolute Gasteiger partial charge is 0.0724 e. The standard InChI is InChI=1S/C14H21NOS2/c1-9-8-12(10-6-7-17-14(10)18-9)15-11-4-3-5-13(11)16-2/h6-7,9,11-13,15H,3-5,8H2,1-2H3/t9-,11?,12?,13?/m0/s1. The molecule has 1 aromatic heterocycles. The minimum absolute atomic E-state index is 0.414. The normalized spacial score (nSPS) is 35.7. The Kier molecular flexibility index (Phi) is 3.99. The zero-order chi connectivity index (χ0) is 12.5. The van der Waals surface area contributed by atoms with Crippen molar-refractivity contribution in [2.24, 2.45) is 0 Å². The molecule has 1 aliphatic carbocycles. The number of thioether (sulfide) groups is 1. The first-order valence-corrected chi connectivity index (χ1v) is 8.56. The summed E-state index contributed by atoms with van der Waals surface area (Å²) in [7, 11) is 1.85. The molecule has 1 N–H and O–H groups in total. The summed E-state index contributed by atoms with van der Waals surface area (Å²) in [6.07, 6.45) is 5.42. The minimum atomic E-state index is 0.414. The molecule has 1 saturated carbocycles. The van der Waals surface area contributed by atoms with Crippen LogP contribution in [-0.2, 0) is 4.74 Å². The van der Waals surface area contributed by atoms with Crippen molar-refractivity contribution < 1.29 is 4.74 Å². The molecule has 4 heteroatoms. The second-order valence-corrected chi connectivity index (χ2v) is 7.98. The van der Waals surface area contributed by atoms with E-state index in [0.717, 1.165) is 5.25 Å². The summed E-state index contributed by atoms with van der Waals surface area (Å²) in [5.74, 6) is 0. The SMILES string of the molecule is COC1CCCC1NC1C[C@H](C)Sc2sccc21. The molecule has 0 amide bonds. The van der Waals surface area contributed by atoms with E-state index in [1.807, 2.05) is 30.2 Å². The molecule has 2 aliphatic rings. The predicted molar refractivity (Wildman–Crippen MR) is 78.6 cm³/mol. The Labute approximate surface area is 117 Å². The number of methoxy groups -OCH3 is 1. The molecular weight excluding hydrogens is 262 g/mol. The number of ether oxygens (including phenoxy) is 1. The van der Waals surface area contributed by atoms with Crippen molar-refractivity contribution in [3.05, 3.63) is 17.0 Å². The van der Waals surface area contributed by atoms with Gasteiger partial charge in [-0.3, -0.25) is 0 Å². The van der Waals surface area contributed by atoms with E-state index in [4.69, 9.17) is 4.74 Å². The summed E-state index contributed by atoms with van der Waals surface area (Å²) in [6.45, 7) is 2.34. The van der Waals surface area contributed by atoms with E-state index >= 15 is 0 Å². The van der Waals surface area contributed by atoms with Gasteiger partial charge in [-0.05, 0) is 42.7 Å².